The van der Waals surface area contributed by atoms with Gasteiger partial charge in [0.1, 0.15) is 11.3 Å². The van der Waals surface area contributed by atoms with Gasteiger partial charge in [0.2, 0.25) is 0 Å². The van der Waals surface area contributed by atoms with Gasteiger partial charge in [0.15, 0.2) is 8.88 Å². The molecule has 1 N–H and O–H groups in total. The Morgan fingerprint density at radius 2 is 1.84 bits per heavy atom. The van der Waals surface area contributed by atoms with Gasteiger partial charge in [-0.3, -0.25) is 19.8 Å². The van der Waals surface area contributed by atoms with E-state index in [1.165, 1.54) is 11.0 Å². The number of hydrogen-bond donors (Lipinski definition) is 1. The number of halogens is 2. The van der Waals surface area contributed by atoms with Gasteiger partial charge < -0.3 is 4.42 Å². The van der Waals surface area contributed by atoms with Crippen LogP contribution in [0.25, 0.3) is 6.08 Å². The summed E-state index contributed by atoms with van der Waals surface area (Å²) in [4.78, 5) is 26.5. The Labute approximate surface area is 171 Å². The average molecular weight is 531 g/mol. The summed E-state index contributed by atoms with van der Waals surface area (Å²) in [6, 6.07) is 7.39. The lowest BCUT2D eigenvalue weighted by Crippen LogP contribution is -2.54. The minimum atomic E-state index is -0.543. The highest BCUT2D eigenvalue weighted by molar-refractivity contribution is 14.1. The van der Waals surface area contributed by atoms with Crippen LogP contribution in [0.15, 0.2) is 38.7 Å². The van der Waals surface area contributed by atoms with Crippen molar-refractivity contribution in [3.63, 3.8) is 0 Å². The monoisotopic (exact) mass is 530 g/mol. The number of rotatable bonds is 2. The van der Waals surface area contributed by atoms with E-state index in [2.05, 4.69) is 21.2 Å². The van der Waals surface area contributed by atoms with Gasteiger partial charge in [0.25, 0.3) is 11.8 Å². The molecule has 0 aliphatic carbocycles. The number of benzene rings is 1. The van der Waals surface area contributed by atoms with Gasteiger partial charge in [0, 0.05) is 22.6 Å². The fraction of sp³-hybridized carbons (Fsp3) is 0.118. The highest BCUT2D eigenvalue weighted by Gasteiger charge is 2.35. The number of nitrogens with one attached hydrogen (secondary N) is 1. The fourth-order valence-electron chi connectivity index (χ4n) is 2.55. The van der Waals surface area contributed by atoms with Crippen LogP contribution < -0.4 is 10.2 Å². The summed E-state index contributed by atoms with van der Waals surface area (Å²) in [5, 5.41) is 2.63. The number of furan rings is 1. The van der Waals surface area contributed by atoms with E-state index in [4.69, 9.17) is 16.6 Å². The SMILES string of the molecule is Cc1cc(C)cc(N2C(=O)/C(=C/c3cc(Br)c(I)o3)C(=O)NC2=S)c1. The molecular formula is C17H12BrIN2O3S. The van der Waals surface area contributed by atoms with Crippen molar-refractivity contribution in [3.8, 4) is 0 Å². The Morgan fingerprint density at radius 3 is 2.40 bits per heavy atom. The van der Waals surface area contributed by atoms with Crippen molar-refractivity contribution in [1.82, 2.24) is 5.32 Å². The Hall–Kier alpha value is -1.52. The Bertz CT molecular complexity index is 912. The second-order valence-electron chi connectivity index (χ2n) is 5.57. The van der Waals surface area contributed by atoms with E-state index in [1.54, 1.807) is 6.07 Å². The van der Waals surface area contributed by atoms with Crippen LogP contribution in [-0.2, 0) is 9.59 Å². The van der Waals surface area contributed by atoms with Crippen molar-refractivity contribution in [2.75, 3.05) is 4.90 Å². The van der Waals surface area contributed by atoms with Gasteiger partial charge in [-0.05, 0) is 77.4 Å². The maximum absolute atomic E-state index is 12.9. The number of anilines is 1. The first-order valence-corrected chi connectivity index (χ1v) is 9.49. The molecule has 3 rings (SSSR count). The van der Waals surface area contributed by atoms with Crippen molar-refractivity contribution in [3.05, 3.63) is 55.0 Å². The number of nitrogens with zero attached hydrogens (tertiary/aromatic N) is 1. The first kappa shape index (κ1) is 18.3. The molecule has 5 nitrogen and oxygen atoms in total. The lowest BCUT2D eigenvalue weighted by atomic mass is 10.1. The van der Waals surface area contributed by atoms with E-state index in [0.29, 0.717) is 15.2 Å². The van der Waals surface area contributed by atoms with Crippen molar-refractivity contribution in [2.24, 2.45) is 0 Å². The quantitative estimate of drug-likeness (QED) is 0.275. The maximum atomic E-state index is 12.9. The standard InChI is InChI=1S/C17H12BrIN2O3S/c1-8-3-9(2)5-10(4-8)21-16(23)12(15(22)20-17(21)25)6-11-7-13(18)14(19)24-11/h3-7H,1-2H3,(H,20,22,25)/b12-6+. The minimum Gasteiger partial charge on any atom is -0.450 e. The van der Waals surface area contributed by atoms with Crippen molar-refractivity contribution < 1.29 is 14.0 Å². The predicted octanol–water partition coefficient (Wildman–Crippen LogP) is 4.09. The molecule has 2 amide bonds. The molecule has 0 unspecified atom stereocenters. The topological polar surface area (TPSA) is 62.6 Å². The predicted molar refractivity (Wildman–Crippen MR) is 111 cm³/mol. The molecule has 0 radical (unpaired) electrons. The summed E-state index contributed by atoms with van der Waals surface area (Å²) >= 11 is 10.6. The molecule has 1 saturated heterocycles. The molecular weight excluding hydrogens is 519 g/mol. The average Bonchev–Trinajstić information content (AvgIpc) is 2.80. The zero-order valence-electron chi connectivity index (χ0n) is 13.2. The molecule has 2 heterocycles. The smallest absolute Gasteiger partial charge is 0.270 e. The molecule has 0 bridgehead atoms. The van der Waals surface area contributed by atoms with Gasteiger partial charge >= 0.3 is 0 Å². The molecule has 1 aliphatic rings. The lowest BCUT2D eigenvalue weighted by molar-refractivity contribution is -0.122. The summed E-state index contributed by atoms with van der Waals surface area (Å²) < 4.78 is 6.89. The van der Waals surface area contributed by atoms with E-state index >= 15 is 0 Å². The van der Waals surface area contributed by atoms with Gasteiger partial charge in [-0.15, -0.1) is 0 Å². The molecule has 2 aromatic rings. The van der Waals surface area contributed by atoms with E-state index in [0.717, 1.165) is 15.6 Å². The minimum absolute atomic E-state index is 0.0367. The number of carbonyl (C=O) groups is 2. The van der Waals surface area contributed by atoms with E-state index < -0.39 is 11.8 Å². The van der Waals surface area contributed by atoms with Crippen LogP contribution in [0.5, 0.6) is 0 Å². The molecule has 1 aliphatic heterocycles. The number of hydrogen-bond acceptors (Lipinski definition) is 4. The maximum Gasteiger partial charge on any atom is 0.270 e. The van der Waals surface area contributed by atoms with Crippen LogP contribution in [0, 0.1) is 17.6 Å². The van der Waals surface area contributed by atoms with Crippen LogP contribution in [0.2, 0.25) is 0 Å². The Morgan fingerprint density at radius 1 is 1.20 bits per heavy atom. The van der Waals surface area contributed by atoms with Crippen molar-refractivity contribution in [2.45, 2.75) is 13.8 Å². The van der Waals surface area contributed by atoms with Crippen LogP contribution >= 0.6 is 50.7 Å². The number of thiocarbonyl (C=S) groups is 1. The van der Waals surface area contributed by atoms with Crippen LogP contribution in [0.3, 0.4) is 0 Å². The summed E-state index contributed by atoms with van der Waals surface area (Å²) in [5.74, 6) is -0.623. The molecule has 0 saturated carbocycles. The molecule has 1 fully saturated rings. The zero-order chi connectivity index (χ0) is 18.3. The summed E-state index contributed by atoms with van der Waals surface area (Å²) in [5.41, 5.74) is 2.58. The molecule has 1 aromatic carbocycles. The van der Waals surface area contributed by atoms with E-state index in [9.17, 15) is 9.59 Å². The summed E-state index contributed by atoms with van der Waals surface area (Å²) in [6.45, 7) is 3.87. The van der Waals surface area contributed by atoms with Crippen LogP contribution in [0.4, 0.5) is 5.69 Å². The van der Waals surface area contributed by atoms with Gasteiger partial charge in [0.05, 0.1) is 10.2 Å². The molecule has 0 atom stereocenters. The molecule has 25 heavy (non-hydrogen) atoms. The molecule has 0 spiro atoms. The summed E-state index contributed by atoms with van der Waals surface area (Å²) in [6.07, 6.45) is 1.42. The first-order chi connectivity index (χ1) is 11.8. The normalized spacial score (nSPS) is 16.6. The van der Waals surface area contributed by atoms with Gasteiger partial charge in [-0.25, -0.2) is 0 Å². The largest absolute Gasteiger partial charge is 0.450 e. The zero-order valence-corrected chi connectivity index (χ0v) is 17.8. The first-order valence-electron chi connectivity index (χ1n) is 7.21. The third-order valence-corrected chi connectivity index (χ3v) is 5.93. The number of amides is 2. The second-order valence-corrected chi connectivity index (χ2v) is 7.79. The third-order valence-electron chi connectivity index (χ3n) is 3.52. The van der Waals surface area contributed by atoms with Crippen molar-refractivity contribution >= 4 is 79.4 Å². The summed E-state index contributed by atoms with van der Waals surface area (Å²) in [7, 11) is 0. The van der Waals surface area contributed by atoms with Gasteiger partial charge in [-0.1, -0.05) is 6.07 Å². The van der Waals surface area contributed by atoms with Gasteiger partial charge in [-0.2, -0.15) is 0 Å². The highest BCUT2D eigenvalue weighted by atomic mass is 127. The highest BCUT2D eigenvalue weighted by Crippen LogP contribution is 2.27. The Balaban J connectivity index is 2.05. The lowest BCUT2D eigenvalue weighted by Gasteiger charge is -2.29. The molecule has 8 heteroatoms. The third kappa shape index (κ3) is 3.70. The second kappa shape index (κ2) is 7.00. The Kier molecular flexibility index (Phi) is 5.12. The van der Waals surface area contributed by atoms with E-state index in [-0.39, 0.29) is 10.7 Å². The van der Waals surface area contributed by atoms with Crippen LogP contribution in [0.1, 0.15) is 16.9 Å². The molecule has 1 aromatic heterocycles. The van der Waals surface area contributed by atoms with Crippen LogP contribution in [-0.4, -0.2) is 16.9 Å². The fourth-order valence-corrected chi connectivity index (χ4v) is 3.55. The van der Waals surface area contributed by atoms with Crippen molar-refractivity contribution in [1.29, 1.82) is 0 Å². The molecule has 128 valence electrons. The number of aryl methyl sites for hydroxylation is 2. The number of carbonyl (C=O) groups excluding carboxylic acids is 2. The van der Waals surface area contributed by atoms with E-state index in [1.807, 2.05) is 54.6 Å².